The van der Waals surface area contributed by atoms with E-state index in [0.29, 0.717) is 17.2 Å². The number of carbonyl (C=O) groups is 1. The van der Waals surface area contributed by atoms with Crippen molar-refractivity contribution >= 4 is 27.3 Å². The maximum absolute atomic E-state index is 10.4. The van der Waals surface area contributed by atoms with E-state index in [1.165, 1.54) is 13.8 Å². The van der Waals surface area contributed by atoms with Gasteiger partial charge in [-0.15, -0.1) is 39.8 Å². The van der Waals surface area contributed by atoms with Crippen LogP contribution >= 0.6 is 0 Å². The van der Waals surface area contributed by atoms with E-state index in [0.717, 1.165) is 32.7 Å². The average molecular weight is 642 g/mol. The van der Waals surface area contributed by atoms with Crippen LogP contribution in [-0.4, -0.2) is 41.3 Å². The van der Waals surface area contributed by atoms with Crippen molar-refractivity contribution in [3.05, 3.63) is 84.7 Å². The molecule has 0 amide bonds. The fourth-order valence-corrected chi connectivity index (χ4v) is 3.07. The van der Waals surface area contributed by atoms with Crippen LogP contribution in [-0.2, 0) is 24.9 Å². The first kappa shape index (κ1) is 25.7. The molecule has 9 heteroatoms. The van der Waals surface area contributed by atoms with Crippen LogP contribution in [0.15, 0.2) is 78.6 Å². The molecule has 35 heavy (non-hydrogen) atoms. The third-order valence-electron chi connectivity index (χ3n) is 5.24. The van der Waals surface area contributed by atoms with E-state index in [2.05, 4.69) is 36.4 Å². The van der Waals surface area contributed by atoms with E-state index < -0.39 is 0 Å². The fourth-order valence-electron chi connectivity index (χ4n) is 3.07. The molecule has 8 nitrogen and oxygen atoms in total. The van der Waals surface area contributed by atoms with E-state index in [1.807, 2.05) is 48.7 Å². The fraction of sp³-hybridized carbons (Fsp3) is 0.115. The van der Waals surface area contributed by atoms with E-state index in [-0.39, 0.29) is 31.6 Å². The van der Waals surface area contributed by atoms with E-state index in [4.69, 9.17) is 5.11 Å². The maximum Gasteiger partial charge on any atom is 0.202 e. The first-order chi connectivity index (χ1) is 16.4. The zero-order chi connectivity index (χ0) is 24.1. The number of aliphatic hydroxyl groups excluding tert-OH is 1. The van der Waals surface area contributed by atoms with Crippen LogP contribution < -0.4 is 0 Å². The Morgan fingerprint density at radius 1 is 0.771 bits per heavy atom. The number of hydrogen-bond donors (Lipinski definition) is 1. The van der Waals surface area contributed by atoms with Gasteiger partial charge in [0.1, 0.15) is 5.82 Å². The molecule has 3 aromatic heterocycles. The summed E-state index contributed by atoms with van der Waals surface area (Å²) < 4.78 is 0. The molecule has 2 aromatic carbocycles. The average Bonchev–Trinajstić information content (AvgIpc) is 2.88. The van der Waals surface area contributed by atoms with E-state index >= 15 is 0 Å². The van der Waals surface area contributed by atoms with Crippen LogP contribution in [0.3, 0.4) is 0 Å². The third-order valence-corrected chi connectivity index (χ3v) is 5.24. The Kier molecular flexibility index (Phi) is 8.41. The van der Waals surface area contributed by atoms with Crippen LogP contribution in [0.25, 0.3) is 44.3 Å². The van der Waals surface area contributed by atoms with Crippen LogP contribution in [0.1, 0.15) is 20.8 Å². The molecule has 0 aliphatic rings. The predicted octanol–water partition coefficient (Wildman–Crippen LogP) is 4.92. The van der Waals surface area contributed by atoms with Crippen molar-refractivity contribution in [2.24, 2.45) is 0 Å². The second kappa shape index (κ2) is 11.5. The molecular weight excluding hydrogens is 621 g/mol. The Hall–Kier alpha value is -3.94. The van der Waals surface area contributed by atoms with Gasteiger partial charge in [0, 0.05) is 49.0 Å². The number of Topliss-reactive ketones (excluding diaryl/α,β-unsaturated/α-hetero) is 1. The maximum atomic E-state index is 10.4. The predicted molar refractivity (Wildman–Crippen MR) is 130 cm³/mol. The van der Waals surface area contributed by atoms with Gasteiger partial charge in [-0.05, 0) is 50.7 Å². The Labute approximate surface area is 215 Å². The van der Waals surface area contributed by atoms with E-state index in [9.17, 15) is 4.79 Å². The van der Waals surface area contributed by atoms with Crippen molar-refractivity contribution in [2.75, 3.05) is 0 Å². The summed E-state index contributed by atoms with van der Waals surface area (Å²) >= 11 is 0. The van der Waals surface area contributed by atoms with Gasteiger partial charge >= 0.3 is 0 Å². The van der Waals surface area contributed by atoms with Crippen molar-refractivity contribution in [1.82, 2.24) is 30.4 Å². The number of fused-ring (bicyclic) bond motifs is 2. The monoisotopic (exact) mass is 642 g/mol. The molecule has 177 valence electrons. The first-order valence-corrected chi connectivity index (χ1v) is 10.5. The minimum absolute atomic E-state index is 0. The Morgan fingerprint density at radius 3 is 2.06 bits per heavy atom. The molecule has 5 aromatic rings. The largest absolute Gasteiger partial charge is 0.512 e. The van der Waals surface area contributed by atoms with Gasteiger partial charge in [0.05, 0.1) is 5.76 Å². The molecule has 1 radical (unpaired) electrons. The van der Waals surface area contributed by atoms with Crippen molar-refractivity contribution in [1.29, 1.82) is 0 Å². The van der Waals surface area contributed by atoms with Gasteiger partial charge in [-0.3, -0.25) is 14.8 Å². The number of aliphatic hydroxyl groups is 1. The number of hydrogen-bond acceptors (Lipinski definition) is 8. The number of aromatic nitrogens is 6. The molecule has 1 N–H and O–H groups in total. The van der Waals surface area contributed by atoms with E-state index in [1.54, 1.807) is 25.5 Å². The molecule has 0 fully saturated rings. The molecule has 0 aliphatic carbocycles. The van der Waals surface area contributed by atoms with Crippen LogP contribution in [0.5, 0.6) is 0 Å². The molecule has 0 atom stereocenters. The van der Waals surface area contributed by atoms with Gasteiger partial charge in [0.15, 0.2) is 5.78 Å². The van der Waals surface area contributed by atoms with Crippen molar-refractivity contribution in [2.45, 2.75) is 20.8 Å². The van der Waals surface area contributed by atoms with Crippen LogP contribution in [0, 0.1) is 6.07 Å². The van der Waals surface area contributed by atoms with Crippen LogP contribution in [0.4, 0.5) is 0 Å². The SMILES string of the molecule is CC(=O)/C(C)=C(/C)O.[Ir].[c-]1c(-c2nnc(-c3ccc4cnccc4c3)nn2)ccc2cnccc12. The Bertz CT molecular complexity index is 1420. The number of nitrogens with zero attached hydrogens (tertiary/aromatic N) is 6. The van der Waals surface area contributed by atoms with Gasteiger partial charge in [-0.2, -0.15) is 10.2 Å². The minimum atomic E-state index is -0.0787. The summed E-state index contributed by atoms with van der Waals surface area (Å²) in [6, 6.07) is 16.9. The Balaban J connectivity index is 0.000000332. The number of rotatable bonds is 3. The first-order valence-electron chi connectivity index (χ1n) is 10.5. The van der Waals surface area contributed by atoms with Crippen molar-refractivity contribution < 1.29 is 30.0 Å². The second-order valence-corrected chi connectivity index (χ2v) is 7.59. The van der Waals surface area contributed by atoms with Gasteiger partial charge in [-0.1, -0.05) is 23.1 Å². The smallest absolute Gasteiger partial charge is 0.202 e. The van der Waals surface area contributed by atoms with Crippen molar-refractivity contribution in [3.8, 4) is 22.8 Å². The summed E-state index contributed by atoms with van der Waals surface area (Å²) in [7, 11) is 0. The summed E-state index contributed by atoms with van der Waals surface area (Å²) in [6.45, 7) is 4.52. The number of allylic oxidation sites excluding steroid dienone is 2. The molecule has 0 bridgehead atoms. The van der Waals surface area contributed by atoms with Crippen LogP contribution in [0.2, 0.25) is 0 Å². The van der Waals surface area contributed by atoms with Gasteiger partial charge in [0.25, 0.3) is 0 Å². The molecule has 5 rings (SSSR count). The standard InChI is InChI=1S/C20H11N6.C6H10O2.Ir/c1-3-17-11-21-7-5-13(17)9-15(1)19-23-25-20(26-24-19)16-2-4-18-12-22-8-6-14(18)10-16;1-4(5(2)7)6(3)8;/h1-9,11-12H;7H,1-3H3;/q-1;;/b;5-4-;. The molecule has 0 aliphatic heterocycles. The summed E-state index contributed by atoms with van der Waals surface area (Å²) in [5, 5.41) is 29.7. The minimum Gasteiger partial charge on any atom is -0.512 e. The zero-order valence-corrected chi connectivity index (χ0v) is 21.6. The van der Waals surface area contributed by atoms with Crippen molar-refractivity contribution in [3.63, 3.8) is 0 Å². The quantitative estimate of drug-likeness (QED) is 0.168. The summed E-state index contributed by atoms with van der Waals surface area (Å²) in [6.07, 6.45) is 7.12. The third kappa shape index (κ3) is 6.14. The topological polar surface area (TPSA) is 115 Å². The molecule has 0 saturated heterocycles. The normalized spacial score (nSPS) is 11.2. The number of pyridine rings is 2. The van der Waals surface area contributed by atoms with Gasteiger partial charge in [0.2, 0.25) is 5.82 Å². The summed E-state index contributed by atoms with van der Waals surface area (Å²) in [4.78, 5) is 18.6. The van der Waals surface area contributed by atoms with Gasteiger partial charge in [-0.25, -0.2) is 0 Å². The molecular formula is C26H21IrN6O2-. The van der Waals surface area contributed by atoms with Gasteiger partial charge < -0.3 is 5.11 Å². The molecule has 0 saturated carbocycles. The number of carbonyl (C=O) groups excluding carboxylic acids is 1. The number of benzene rings is 2. The number of ketones is 1. The molecule has 0 spiro atoms. The zero-order valence-electron chi connectivity index (χ0n) is 19.2. The Morgan fingerprint density at radius 2 is 1.40 bits per heavy atom. The second-order valence-electron chi connectivity index (χ2n) is 7.59. The summed E-state index contributed by atoms with van der Waals surface area (Å²) in [5.74, 6) is 0.956. The summed E-state index contributed by atoms with van der Waals surface area (Å²) in [5.41, 5.74) is 2.05. The molecule has 0 unspecified atom stereocenters. The molecule has 3 heterocycles.